The molecule has 7 nitrogen and oxygen atoms in total. The summed E-state index contributed by atoms with van der Waals surface area (Å²) in [6.45, 7) is 6.00. The third kappa shape index (κ3) is 9.67. The first kappa shape index (κ1) is 35.1. The molecular weight excluding hydrogens is 643 g/mol. The number of aromatic nitrogens is 1. The predicted molar refractivity (Wildman–Crippen MR) is 198 cm³/mol. The summed E-state index contributed by atoms with van der Waals surface area (Å²) in [5.41, 5.74) is 5.40. The van der Waals surface area contributed by atoms with Crippen molar-refractivity contribution in [2.75, 3.05) is 26.2 Å². The Morgan fingerprint density at radius 1 is 0.820 bits per heavy atom. The van der Waals surface area contributed by atoms with E-state index in [9.17, 15) is 9.59 Å². The van der Waals surface area contributed by atoms with Crippen LogP contribution in [0, 0.1) is 5.92 Å². The van der Waals surface area contributed by atoms with Gasteiger partial charge in [-0.05, 0) is 67.1 Å². The Morgan fingerprint density at radius 2 is 1.44 bits per heavy atom. The number of rotatable bonds is 15. The fraction of sp³-hybridized carbons (Fsp3) is 0.310. The van der Waals surface area contributed by atoms with Gasteiger partial charge in [0.05, 0.1) is 19.1 Å². The van der Waals surface area contributed by atoms with E-state index in [1.54, 1.807) is 0 Å². The Balaban J connectivity index is 1.14. The zero-order chi connectivity index (χ0) is 34.5. The van der Waals surface area contributed by atoms with E-state index >= 15 is 0 Å². The van der Waals surface area contributed by atoms with Crippen LogP contribution in [0.1, 0.15) is 69.9 Å². The van der Waals surface area contributed by atoms with E-state index in [4.69, 9.17) is 14.5 Å². The molecule has 8 heteroatoms. The van der Waals surface area contributed by atoms with Crippen LogP contribution in [0.5, 0.6) is 5.75 Å². The second-order valence-corrected chi connectivity index (χ2v) is 13.7. The summed E-state index contributed by atoms with van der Waals surface area (Å²) < 4.78 is 11.2. The van der Waals surface area contributed by atoms with Crippen molar-refractivity contribution >= 4 is 23.2 Å². The van der Waals surface area contributed by atoms with Crippen LogP contribution in [0.25, 0.3) is 0 Å². The number of thiazole rings is 1. The van der Waals surface area contributed by atoms with Gasteiger partial charge in [-0.1, -0.05) is 103 Å². The number of hydrogen-bond acceptors (Lipinski definition) is 7. The van der Waals surface area contributed by atoms with E-state index in [0.717, 1.165) is 35.8 Å². The van der Waals surface area contributed by atoms with Crippen molar-refractivity contribution in [3.8, 4) is 5.75 Å². The van der Waals surface area contributed by atoms with Crippen LogP contribution < -0.4 is 4.74 Å². The van der Waals surface area contributed by atoms with Crippen LogP contribution in [-0.2, 0) is 29.2 Å². The molecule has 0 bridgehead atoms. The van der Waals surface area contributed by atoms with Crippen LogP contribution in [0.3, 0.4) is 0 Å². The van der Waals surface area contributed by atoms with E-state index in [1.807, 2.05) is 47.5 Å². The van der Waals surface area contributed by atoms with Crippen LogP contribution >= 0.6 is 11.3 Å². The highest BCUT2D eigenvalue weighted by molar-refractivity contribution is 7.09. The molecule has 1 aromatic heterocycles. The molecule has 0 spiro atoms. The van der Waals surface area contributed by atoms with Gasteiger partial charge in [0.25, 0.3) is 5.91 Å². The monoisotopic (exact) mass is 687 g/mol. The maximum Gasteiger partial charge on any atom is 0.309 e. The van der Waals surface area contributed by atoms with Gasteiger partial charge in [-0.3, -0.25) is 14.5 Å². The molecular formula is C42H45N3O4S. The van der Waals surface area contributed by atoms with Gasteiger partial charge in [-0.2, -0.15) is 0 Å². The fourth-order valence-corrected chi connectivity index (χ4v) is 7.34. The molecule has 4 aromatic carbocycles. The van der Waals surface area contributed by atoms with E-state index in [1.165, 1.54) is 28.0 Å². The summed E-state index contributed by atoms with van der Waals surface area (Å²) >= 11 is 1.53. The molecule has 50 heavy (non-hydrogen) atoms. The number of carbonyl (C=O) groups is 2. The van der Waals surface area contributed by atoms with E-state index in [0.29, 0.717) is 51.4 Å². The Bertz CT molecular complexity index is 1730. The lowest BCUT2D eigenvalue weighted by atomic mass is 9.88. The molecule has 0 aliphatic carbocycles. The molecule has 0 unspecified atom stereocenters. The van der Waals surface area contributed by atoms with Crippen LogP contribution in [0.2, 0.25) is 0 Å². The number of piperidine rings is 1. The maximum absolute atomic E-state index is 13.4. The first-order chi connectivity index (χ1) is 24.6. The Kier molecular flexibility index (Phi) is 12.4. The third-order valence-corrected chi connectivity index (χ3v) is 10.1. The highest BCUT2D eigenvalue weighted by atomic mass is 32.1. The van der Waals surface area contributed by atoms with Crippen molar-refractivity contribution in [3.05, 3.63) is 154 Å². The second kappa shape index (κ2) is 17.7. The van der Waals surface area contributed by atoms with Crippen molar-refractivity contribution in [1.82, 2.24) is 14.8 Å². The lowest BCUT2D eigenvalue weighted by Crippen LogP contribution is -2.40. The van der Waals surface area contributed by atoms with Gasteiger partial charge in [-0.15, -0.1) is 11.3 Å². The number of esters is 1. The van der Waals surface area contributed by atoms with Crippen molar-refractivity contribution < 1.29 is 19.1 Å². The summed E-state index contributed by atoms with van der Waals surface area (Å²) in [5, 5.41) is 2.79. The third-order valence-electron chi connectivity index (χ3n) is 9.25. The van der Waals surface area contributed by atoms with Crippen molar-refractivity contribution in [2.45, 2.75) is 51.8 Å². The standard InChI is InChI=1S/C42H45N3O4S/c1-2-48-42(47)36-22-26-45(27-23-36)41(46)39-31-50-40(43-39)29-44(25-24-38(34-14-8-4-9-15-34)35-16-10-5-11-17-35)28-32-18-20-37(21-19-32)49-30-33-12-6-3-7-13-33/h3-21,31,36,38H,2,22-30H2,1H3. The molecule has 5 aromatic rings. The zero-order valence-corrected chi connectivity index (χ0v) is 29.5. The second-order valence-electron chi connectivity index (χ2n) is 12.7. The van der Waals surface area contributed by atoms with Gasteiger partial charge < -0.3 is 14.4 Å². The molecule has 2 heterocycles. The molecule has 1 saturated heterocycles. The first-order valence-electron chi connectivity index (χ1n) is 17.5. The molecule has 1 amide bonds. The van der Waals surface area contributed by atoms with Gasteiger partial charge in [0.2, 0.25) is 0 Å². The molecule has 0 saturated carbocycles. The van der Waals surface area contributed by atoms with Crippen LogP contribution in [0.4, 0.5) is 0 Å². The minimum Gasteiger partial charge on any atom is -0.489 e. The van der Waals surface area contributed by atoms with E-state index in [2.05, 4.69) is 89.8 Å². The molecule has 0 atom stereocenters. The number of carbonyl (C=O) groups excluding carboxylic acids is 2. The molecule has 1 aliphatic rings. The number of nitrogens with zero attached hydrogens (tertiary/aromatic N) is 3. The molecule has 258 valence electrons. The Hall–Kier alpha value is -4.79. The first-order valence-corrected chi connectivity index (χ1v) is 18.4. The quantitative estimate of drug-likeness (QED) is 0.103. The summed E-state index contributed by atoms with van der Waals surface area (Å²) in [5.74, 6) is 0.720. The number of hydrogen-bond donors (Lipinski definition) is 0. The average molecular weight is 688 g/mol. The summed E-state index contributed by atoms with van der Waals surface area (Å²) in [6.07, 6.45) is 2.17. The van der Waals surface area contributed by atoms with E-state index in [-0.39, 0.29) is 23.7 Å². The van der Waals surface area contributed by atoms with Crippen molar-refractivity contribution in [2.24, 2.45) is 5.92 Å². The molecule has 6 rings (SSSR count). The van der Waals surface area contributed by atoms with Gasteiger partial charge in [0.15, 0.2) is 0 Å². The van der Waals surface area contributed by atoms with Crippen molar-refractivity contribution in [1.29, 1.82) is 0 Å². The topological polar surface area (TPSA) is 72.0 Å². The summed E-state index contributed by atoms with van der Waals surface area (Å²) in [7, 11) is 0. The molecule has 1 aliphatic heterocycles. The number of likely N-dealkylation sites (tertiary alicyclic amines) is 1. The SMILES string of the molecule is CCOC(=O)C1CCN(C(=O)c2csc(CN(CCC(c3ccccc3)c3ccccc3)Cc3ccc(OCc4ccccc4)cc3)n2)CC1. The smallest absolute Gasteiger partial charge is 0.309 e. The summed E-state index contributed by atoms with van der Waals surface area (Å²) in [4.78, 5) is 34.7. The minimum atomic E-state index is -0.160. The molecule has 0 N–H and O–H groups in total. The Labute approximate surface area is 299 Å². The number of amides is 1. The largest absolute Gasteiger partial charge is 0.489 e. The average Bonchev–Trinajstić information content (AvgIpc) is 3.64. The van der Waals surface area contributed by atoms with Gasteiger partial charge in [0.1, 0.15) is 23.1 Å². The van der Waals surface area contributed by atoms with Gasteiger partial charge in [0, 0.05) is 30.9 Å². The molecule has 0 radical (unpaired) electrons. The van der Waals surface area contributed by atoms with Crippen LogP contribution in [0.15, 0.2) is 121 Å². The van der Waals surface area contributed by atoms with Crippen molar-refractivity contribution in [3.63, 3.8) is 0 Å². The highest BCUT2D eigenvalue weighted by Gasteiger charge is 2.29. The van der Waals surface area contributed by atoms with Crippen LogP contribution in [-0.4, -0.2) is 52.9 Å². The van der Waals surface area contributed by atoms with Gasteiger partial charge >= 0.3 is 5.97 Å². The zero-order valence-electron chi connectivity index (χ0n) is 28.7. The number of benzene rings is 4. The van der Waals surface area contributed by atoms with Gasteiger partial charge in [-0.25, -0.2) is 4.98 Å². The minimum absolute atomic E-state index is 0.0688. The molecule has 1 fully saturated rings. The maximum atomic E-state index is 13.4. The summed E-state index contributed by atoms with van der Waals surface area (Å²) in [6, 6.07) is 39.9. The lowest BCUT2D eigenvalue weighted by molar-refractivity contribution is -0.149. The van der Waals surface area contributed by atoms with E-state index < -0.39 is 0 Å². The Morgan fingerprint density at radius 3 is 2.06 bits per heavy atom. The normalized spacial score (nSPS) is 13.5. The predicted octanol–water partition coefficient (Wildman–Crippen LogP) is 8.36. The lowest BCUT2D eigenvalue weighted by Gasteiger charge is -2.30. The highest BCUT2D eigenvalue weighted by Crippen LogP contribution is 2.29. The fourth-order valence-electron chi connectivity index (χ4n) is 6.53. The number of ether oxygens (including phenoxy) is 2.